The largest absolute Gasteiger partial charge is 0.462 e. The topological polar surface area (TPSA) is 46.3 Å². The lowest BCUT2D eigenvalue weighted by Gasteiger charge is -2.15. The third kappa shape index (κ3) is 3.07. The Hall–Kier alpha value is -2.47. The number of halogens is 1. The number of nitrogens with zero attached hydrogens (tertiary/aromatic N) is 2. The lowest BCUT2D eigenvalue weighted by atomic mass is 10.2. The number of aromatic nitrogens is 1. The van der Waals surface area contributed by atoms with Gasteiger partial charge in [0, 0.05) is 19.0 Å². The summed E-state index contributed by atoms with van der Waals surface area (Å²) in [5, 5.41) is 2.38. The quantitative estimate of drug-likeness (QED) is 0.735. The smallest absolute Gasteiger partial charge is 0.273 e. The molecule has 0 N–H and O–H groups in total. The average molecular weight is 316 g/mol. The standard InChI is InChI=1S/C16H13FN2O2S/c1-19(9-11-4-6-12(17)7-5-11)16(20)13-10-22-15(18-13)14-3-2-8-21-14/h2-8,10H,9H2,1H3. The highest BCUT2D eigenvalue weighted by atomic mass is 32.1. The fourth-order valence-corrected chi connectivity index (χ4v) is 2.78. The molecule has 112 valence electrons. The first-order valence-corrected chi connectivity index (χ1v) is 7.51. The van der Waals surface area contributed by atoms with E-state index in [0.717, 1.165) is 5.56 Å². The molecule has 0 saturated heterocycles. The molecule has 22 heavy (non-hydrogen) atoms. The molecule has 0 radical (unpaired) electrons. The van der Waals surface area contributed by atoms with Crippen molar-refractivity contribution >= 4 is 17.2 Å². The zero-order valence-electron chi connectivity index (χ0n) is 11.8. The molecule has 0 aliphatic rings. The van der Waals surface area contributed by atoms with E-state index in [1.165, 1.54) is 23.5 Å². The lowest BCUT2D eigenvalue weighted by Crippen LogP contribution is -2.26. The molecule has 0 spiro atoms. The molecule has 2 aromatic heterocycles. The predicted molar refractivity (Wildman–Crippen MR) is 82.0 cm³/mol. The van der Waals surface area contributed by atoms with Gasteiger partial charge in [0.15, 0.2) is 10.8 Å². The van der Waals surface area contributed by atoms with Crippen molar-refractivity contribution in [2.24, 2.45) is 0 Å². The number of carbonyl (C=O) groups is 1. The Morgan fingerprint density at radius 3 is 2.77 bits per heavy atom. The zero-order valence-corrected chi connectivity index (χ0v) is 12.6. The Labute approximate surface area is 130 Å². The summed E-state index contributed by atoms with van der Waals surface area (Å²) in [7, 11) is 1.69. The SMILES string of the molecule is CN(Cc1ccc(F)cc1)C(=O)c1csc(-c2ccco2)n1. The molecule has 0 aliphatic heterocycles. The Morgan fingerprint density at radius 2 is 2.09 bits per heavy atom. The molecule has 2 heterocycles. The highest BCUT2D eigenvalue weighted by molar-refractivity contribution is 7.13. The molecule has 0 aliphatic carbocycles. The summed E-state index contributed by atoms with van der Waals surface area (Å²) >= 11 is 1.36. The molecule has 0 atom stereocenters. The van der Waals surface area contributed by atoms with Gasteiger partial charge in [0.1, 0.15) is 11.5 Å². The van der Waals surface area contributed by atoms with Crippen LogP contribution in [0.25, 0.3) is 10.8 Å². The summed E-state index contributed by atoms with van der Waals surface area (Å²) in [6.07, 6.45) is 1.57. The summed E-state index contributed by atoms with van der Waals surface area (Å²) < 4.78 is 18.2. The number of amides is 1. The fraction of sp³-hybridized carbons (Fsp3) is 0.125. The summed E-state index contributed by atoms with van der Waals surface area (Å²) in [6, 6.07) is 9.66. The summed E-state index contributed by atoms with van der Waals surface area (Å²) in [4.78, 5) is 18.2. The predicted octanol–water partition coefficient (Wildman–Crippen LogP) is 3.81. The molecular formula is C16H13FN2O2S. The van der Waals surface area contributed by atoms with Gasteiger partial charge >= 0.3 is 0 Å². The zero-order chi connectivity index (χ0) is 15.5. The van der Waals surface area contributed by atoms with Crippen LogP contribution in [0.5, 0.6) is 0 Å². The second kappa shape index (κ2) is 6.11. The maximum atomic E-state index is 12.9. The van der Waals surface area contributed by atoms with Crippen LogP contribution in [0.1, 0.15) is 16.1 Å². The van der Waals surface area contributed by atoms with Crippen LogP contribution in [0.2, 0.25) is 0 Å². The second-order valence-corrected chi connectivity index (χ2v) is 5.66. The van der Waals surface area contributed by atoms with Crippen LogP contribution >= 0.6 is 11.3 Å². The van der Waals surface area contributed by atoms with Gasteiger partial charge in [-0.2, -0.15) is 0 Å². The highest BCUT2D eigenvalue weighted by Crippen LogP contribution is 2.24. The van der Waals surface area contributed by atoms with Gasteiger partial charge < -0.3 is 9.32 Å². The maximum Gasteiger partial charge on any atom is 0.273 e. The number of carbonyl (C=O) groups excluding carboxylic acids is 1. The number of benzene rings is 1. The number of hydrogen-bond acceptors (Lipinski definition) is 4. The van der Waals surface area contributed by atoms with Crippen molar-refractivity contribution in [2.45, 2.75) is 6.54 Å². The van der Waals surface area contributed by atoms with Crippen LogP contribution in [0, 0.1) is 5.82 Å². The molecule has 0 saturated carbocycles. The van der Waals surface area contributed by atoms with Crippen LogP contribution in [-0.4, -0.2) is 22.8 Å². The summed E-state index contributed by atoms with van der Waals surface area (Å²) in [6.45, 7) is 0.396. The first-order valence-electron chi connectivity index (χ1n) is 6.63. The van der Waals surface area contributed by atoms with Gasteiger partial charge in [-0.05, 0) is 29.8 Å². The van der Waals surface area contributed by atoms with E-state index < -0.39 is 0 Å². The number of thiazole rings is 1. The molecule has 0 unspecified atom stereocenters. The number of hydrogen-bond donors (Lipinski definition) is 0. The Bertz CT molecular complexity index is 766. The van der Waals surface area contributed by atoms with Gasteiger partial charge in [0.2, 0.25) is 0 Å². The minimum atomic E-state index is -0.291. The van der Waals surface area contributed by atoms with Crippen LogP contribution in [0.15, 0.2) is 52.5 Å². The van der Waals surface area contributed by atoms with Crippen LogP contribution < -0.4 is 0 Å². The molecule has 1 amide bonds. The molecular weight excluding hydrogens is 303 g/mol. The van der Waals surface area contributed by atoms with Crippen molar-refractivity contribution in [1.29, 1.82) is 0 Å². The molecule has 4 nitrogen and oxygen atoms in total. The Morgan fingerprint density at radius 1 is 1.32 bits per heavy atom. The van der Waals surface area contributed by atoms with Crippen LogP contribution in [0.3, 0.4) is 0 Å². The molecule has 3 aromatic rings. The Balaban J connectivity index is 1.72. The minimum Gasteiger partial charge on any atom is -0.462 e. The monoisotopic (exact) mass is 316 g/mol. The fourth-order valence-electron chi connectivity index (χ4n) is 2.02. The van der Waals surface area contributed by atoms with Crippen molar-refractivity contribution in [3.8, 4) is 10.8 Å². The lowest BCUT2D eigenvalue weighted by molar-refractivity contribution is 0.0780. The van der Waals surface area contributed by atoms with Gasteiger partial charge in [0.05, 0.1) is 6.26 Å². The van der Waals surface area contributed by atoms with E-state index in [2.05, 4.69) is 4.98 Å². The highest BCUT2D eigenvalue weighted by Gasteiger charge is 2.17. The van der Waals surface area contributed by atoms with Gasteiger partial charge in [-0.15, -0.1) is 11.3 Å². The van der Waals surface area contributed by atoms with Crippen LogP contribution in [-0.2, 0) is 6.54 Å². The third-order valence-electron chi connectivity index (χ3n) is 3.13. The van der Waals surface area contributed by atoms with Gasteiger partial charge in [-0.3, -0.25) is 4.79 Å². The third-order valence-corrected chi connectivity index (χ3v) is 3.99. The molecule has 3 rings (SSSR count). The van der Waals surface area contributed by atoms with Crippen molar-refractivity contribution in [1.82, 2.24) is 9.88 Å². The second-order valence-electron chi connectivity index (χ2n) is 4.80. The van der Waals surface area contributed by atoms with E-state index in [9.17, 15) is 9.18 Å². The number of rotatable bonds is 4. The first kappa shape index (κ1) is 14.5. The molecule has 0 fully saturated rings. The van der Waals surface area contributed by atoms with E-state index in [4.69, 9.17) is 4.42 Å². The van der Waals surface area contributed by atoms with Gasteiger partial charge in [-0.25, -0.2) is 9.37 Å². The van der Waals surface area contributed by atoms with Crippen molar-refractivity contribution in [2.75, 3.05) is 7.05 Å². The average Bonchev–Trinajstić information content (AvgIpc) is 3.19. The van der Waals surface area contributed by atoms with Crippen LogP contribution in [0.4, 0.5) is 4.39 Å². The summed E-state index contributed by atoms with van der Waals surface area (Å²) in [5.74, 6) is 0.170. The number of furan rings is 1. The molecule has 0 bridgehead atoms. The summed E-state index contributed by atoms with van der Waals surface area (Å²) in [5.41, 5.74) is 1.24. The van der Waals surface area contributed by atoms with E-state index in [-0.39, 0.29) is 11.7 Å². The van der Waals surface area contributed by atoms with Crippen molar-refractivity contribution in [3.63, 3.8) is 0 Å². The maximum absolute atomic E-state index is 12.9. The minimum absolute atomic E-state index is 0.182. The van der Waals surface area contributed by atoms with Crippen molar-refractivity contribution in [3.05, 3.63) is 65.1 Å². The van der Waals surface area contributed by atoms with Gasteiger partial charge in [-0.1, -0.05) is 12.1 Å². The van der Waals surface area contributed by atoms with E-state index in [1.807, 2.05) is 0 Å². The normalized spacial score (nSPS) is 10.6. The molecule has 1 aromatic carbocycles. The van der Waals surface area contributed by atoms with E-state index in [1.54, 1.807) is 47.9 Å². The van der Waals surface area contributed by atoms with Gasteiger partial charge in [0.25, 0.3) is 5.91 Å². The van der Waals surface area contributed by atoms with Crippen molar-refractivity contribution < 1.29 is 13.6 Å². The first-order chi connectivity index (χ1) is 10.6. The van der Waals surface area contributed by atoms with E-state index >= 15 is 0 Å². The van der Waals surface area contributed by atoms with E-state index in [0.29, 0.717) is 23.0 Å². The Kier molecular flexibility index (Phi) is 4.02. The molecule has 6 heteroatoms.